The van der Waals surface area contributed by atoms with Gasteiger partial charge in [0.25, 0.3) is 11.5 Å². The molecule has 1 saturated heterocycles. The first-order valence-corrected chi connectivity index (χ1v) is 11.8. The molecule has 1 amide bonds. The molecule has 3 heterocycles. The van der Waals surface area contributed by atoms with Crippen LogP contribution in [-0.4, -0.2) is 48.9 Å². The Morgan fingerprint density at radius 2 is 1.88 bits per heavy atom. The molecule has 0 radical (unpaired) electrons. The van der Waals surface area contributed by atoms with E-state index in [1.807, 2.05) is 36.1 Å². The van der Waals surface area contributed by atoms with Gasteiger partial charge in [0.2, 0.25) is 0 Å². The van der Waals surface area contributed by atoms with Crippen LogP contribution in [0.5, 0.6) is 0 Å². The van der Waals surface area contributed by atoms with E-state index in [-0.39, 0.29) is 29.4 Å². The second-order valence-electron chi connectivity index (χ2n) is 8.53. The van der Waals surface area contributed by atoms with Crippen LogP contribution in [0.15, 0.2) is 47.3 Å². The quantitative estimate of drug-likeness (QED) is 0.456. The minimum absolute atomic E-state index is 0.0202. The standard InChI is InChI=1S/C24H22Cl2N6O2/c1-14-7-9-15(10-8-14)24(34)31-11-3-4-16(12-31)21-27-22-20(23(33)28-21)29-30-32(22)13-17-18(25)5-2-6-19(17)26/h2,5-10,16H,3-4,11-13H2,1H3,(H,27,28,33)/t16-/m1/s1. The third-order valence-electron chi connectivity index (χ3n) is 6.16. The maximum absolute atomic E-state index is 13.0. The highest BCUT2D eigenvalue weighted by Crippen LogP contribution is 2.27. The third kappa shape index (κ3) is 4.31. The van der Waals surface area contributed by atoms with Crippen molar-refractivity contribution in [2.75, 3.05) is 13.1 Å². The molecule has 174 valence electrons. The Morgan fingerprint density at radius 3 is 2.62 bits per heavy atom. The lowest BCUT2D eigenvalue weighted by atomic mass is 9.96. The summed E-state index contributed by atoms with van der Waals surface area (Å²) in [7, 11) is 0. The van der Waals surface area contributed by atoms with Crippen LogP contribution in [0.2, 0.25) is 10.0 Å². The minimum atomic E-state index is -0.363. The van der Waals surface area contributed by atoms with Crippen molar-refractivity contribution in [1.29, 1.82) is 0 Å². The van der Waals surface area contributed by atoms with Gasteiger partial charge in [0.05, 0.1) is 6.54 Å². The number of fused-ring (bicyclic) bond motifs is 1. The van der Waals surface area contributed by atoms with Gasteiger partial charge in [0, 0.05) is 40.2 Å². The number of carbonyl (C=O) groups excluding carboxylic acids is 1. The van der Waals surface area contributed by atoms with Crippen LogP contribution < -0.4 is 5.56 Å². The molecule has 1 aliphatic rings. The maximum atomic E-state index is 13.0. The number of carbonyl (C=O) groups is 1. The van der Waals surface area contributed by atoms with Crippen molar-refractivity contribution in [2.45, 2.75) is 32.2 Å². The number of aromatic amines is 1. The number of aryl methyl sites for hydroxylation is 1. The highest BCUT2D eigenvalue weighted by molar-refractivity contribution is 6.36. The van der Waals surface area contributed by atoms with Crippen LogP contribution in [-0.2, 0) is 6.54 Å². The highest BCUT2D eigenvalue weighted by Gasteiger charge is 2.28. The number of benzene rings is 2. The molecule has 10 heteroatoms. The molecule has 0 bridgehead atoms. The topological polar surface area (TPSA) is 96.8 Å². The van der Waals surface area contributed by atoms with E-state index < -0.39 is 0 Å². The lowest BCUT2D eigenvalue weighted by molar-refractivity contribution is 0.0704. The fraction of sp³-hybridized carbons (Fsp3) is 0.292. The van der Waals surface area contributed by atoms with Crippen molar-refractivity contribution in [1.82, 2.24) is 29.9 Å². The second-order valence-corrected chi connectivity index (χ2v) is 9.34. The highest BCUT2D eigenvalue weighted by atomic mass is 35.5. The van der Waals surface area contributed by atoms with Gasteiger partial charge in [-0.25, -0.2) is 9.67 Å². The van der Waals surface area contributed by atoms with E-state index in [1.54, 1.807) is 18.2 Å². The molecule has 1 atom stereocenters. The van der Waals surface area contributed by atoms with Crippen molar-refractivity contribution < 1.29 is 4.79 Å². The summed E-state index contributed by atoms with van der Waals surface area (Å²) >= 11 is 12.6. The largest absolute Gasteiger partial charge is 0.338 e. The number of amides is 1. The normalized spacial score (nSPS) is 16.2. The summed E-state index contributed by atoms with van der Waals surface area (Å²) in [6.45, 7) is 3.36. The zero-order valence-corrected chi connectivity index (χ0v) is 20.0. The van der Waals surface area contributed by atoms with Crippen molar-refractivity contribution in [2.24, 2.45) is 0 Å². The zero-order valence-electron chi connectivity index (χ0n) is 18.5. The SMILES string of the molecule is Cc1ccc(C(=O)N2CCC[C@@H](c3nc4c(nnn4Cc4c(Cl)cccc4Cl)c(=O)[nH]3)C2)cc1. The molecule has 1 N–H and O–H groups in total. The number of halogens is 2. The van der Waals surface area contributed by atoms with Crippen molar-refractivity contribution in [3.63, 3.8) is 0 Å². The summed E-state index contributed by atoms with van der Waals surface area (Å²) in [5.74, 6) is 0.397. The number of hydrogen-bond donors (Lipinski definition) is 1. The Hall–Kier alpha value is -3.23. The van der Waals surface area contributed by atoms with Gasteiger partial charge >= 0.3 is 0 Å². The Bertz CT molecular complexity index is 1410. The molecule has 1 aliphatic heterocycles. The third-order valence-corrected chi connectivity index (χ3v) is 6.86. The second kappa shape index (κ2) is 9.19. The van der Waals surface area contributed by atoms with E-state index in [9.17, 15) is 9.59 Å². The number of piperidine rings is 1. The van der Waals surface area contributed by atoms with E-state index in [1.165, 1.54) is 4.68 Å². The van der Waals surface area contributed by atoms with Gasteiger partial charge in [-0.2, -0.15) is 0 Å². The zero-order chi connectivity index (χ0) is 23.8. The van der Waals surface area contributed by atoms with Crippen molar-refractivity contribution >= 4 is 40.3 Å². The van der Waals surface area contributed by atoms with Crippen molar-refractivity contribution in [3.8, 4) is 0 Å². The molecule has 0 spiro atoms. The average Bonchev–Trinajstić information content (AvgIpc) is 3.25. The lowest BCUT2D eigenvalue weighted by Crippen LogP contribution is -2.40. The molecule has 2 aromatic carbocycles. The average molecular weight is 497 g/mol. The predicted octanol–water partition coefficient (Wildman–Crippen LogP) is 4.20. The Kier molecular flexibility index (Phi) is 6.10. The Balaban J connectivity index is 1.44. The fourth-order valence-electron chi connectivity index (χ4n) is 4.28. The van der Waals surface area contributed by atoms with E-state index in [4.69, 9.17) is 28.2 Å². The minimum Gasteiger partial charge on any atom is -0.338 e. The number of hydrogen-bond acceptors (Lipinski definition) is 5. The van der Waals surface area contributed by atoms with E-state index in [0.29, 0.717) is 45.7 Å². The number of aromatic nitrogens is 5. The van der Waals surface area contributed by atoms with Crippen LogP contribution >= 0.6 is 23.2 Å². The molecule has 5 rings (SSSR count). The molecule has 8 nitrogen and oxygen atoms in total. The van der Waals surface area contributed by atoms with Gasteiger partial charge in [0.15, 0.2) is 11.2 Å². The van der Waals surface area contributed by atoms with Crippen LogP contribution in [0.4, 0.5) is 0 Å². The Morgan fingerprint density at radius 1 is 1.15 bits per heavy atom. The molecule has 34 heavy (non-hydrogen) atoms. The summed E-state index contributed by atoms with van der Waals surface area (Å²) in [6, 6.07) is 12.8. The van der Waals surface area contributed by atoms with E-state index >= 15 is 0 Å². The molecule has 0 unspecified atom stereocenters. The maximum Gasteiger partial charge on any atom is 0.281 e. The monoisotopic (exact) mass is 496 g/mol. The summed E-state index contributed by atoms with van der Waals surface area (Å²) in [5.41, 5.74) is 2.58. The Labute approximate surface area is 205 Å². The number of nitrogens with one attached hydrogen (secondary N) is 1. The van der Waals surface area contributed by atoms with E-state index in [0.717, 1.165) is 18.4 Å². The number of likely N-dealkylation sites (tertiary alicyclic amines) is 1. The van der Waals surface area contributed by atoms with Gasteiger partial charge in [-0.15, -0.1) is 5.10 Å². The van der Waals surface area contributed by atoms with Crippen LogP contribution in [0, 0.1) is 6.92 Å². The molecule has 1 fully saturated rings. The summed E-state index contributed by atoms with van der Waals surface area (Å²) in [5, 5.41) is 9.12. The summed E-state index contributed by atoms with van der Waals surface area (Å²) in [4.78, 5) is 35.2. The number of rotatable bonds is 4. The fourth-order valence-corrected chi connectivity index (χ4v) is 4.80. The number of H-pyrrole nitrogens is 1. The molecule has 0 aliphatic carbocycles. The van der Waals surface area contributed by atoms with Gasteiger partial charge < -0.3 is 9.88 Å². The number of nitrogens with zero attached hydrogens (tertiary/aromatic N) is 5. The van der Waals surface area contributed by atoms with Crippen LogP contribution in [0.3, 0.4) is 0 Å². The van der Waals surface area contributed by atoms with Crippen LogP contribution in [0.1, 0.15) is 46.1 Å². The van der Waals surface area contributed by atoms with Crippen molar-refractivity contribution in [3.05, 3.63) is 85.4 Å². The lowest BCUT2D eigenvalue weighted by Gasteiger charge is -2.32. The molecular formula is C24H22Cl2N6O2. The van der Waals surface area contributed by atoms with Gasteiger partial charge in [0.1, 0.15) is 5.82 Å². The summed E-state index contributed by atoms with van der Waals surface area (Å²) < 4.78 is 1.53. The smallest absolute Gasteiger partial charge is 0.281 e. The van der Waals surface area contributed by atoms with Crippen LogP contribution in [0.25, 0.3) is 11.2 Å². The first-order valence-electron chi connectivity index (χ1n) is 11.0. The first-order chi connectivity index (χ1) is 16.4. The molecule has 4 aromatic rings. The first kappa shape index (κ1) is 22.6. The molecule has 0 saturated carbocycles. The van der Waals surface area contributed by atoms with Gasteiger partial charge in [-0.05, 0) is 44.0 Å². The molecular weight excluding hydrogens is 475 g/mol. The predicted molar refractivity (Wildman–Crippen MR) is 131 cm³/mol. The van der Waals surface area contributed by atoms with Gasteiger partial charge in [-0.3, -0.25) is 9.59 Å². The van der Waals surface area contributed by atoms with E-state index in [2.05, 4.69) is 15.3 Å². The molecule has 2 aromatic heterocycles. The summed E-state index contributed by atoms with van der Waals surface area (Å²) in [6.07, 6.45) is 1.63. The van der Waals surface area contributed by atoms with Gasteiger partial charge in [-0.1, -0.05) is 52.2 Å².